The third-order valence-corrected chi connectivity index (χ3v) is 4.21. The van der Waals surface area contributed by atoms with Crippen LogP contribution in [0.15, 0.2) is 40.9 Å². The molecule has 0 aliphatic carbocycles. The van der Waals surface area contributed by atoms with Crippen LogP contribution in [0.2, 0.25) is 10.0 Å². The molecule has 1 nitrogen and oxygen atoms in total. The minimum Gasteiger partial charge on any atom is -0.294 e. The third-order valence-electron chi connectivity index (χ3n) is 2.86. The Hall–Kier alpha value is -0.830. The van der Waals surface area contributed by atoms with E-state index < -0.39 is 0 Å². The first-order valence-corrected chi connectivity index (χ1v) is 7.26. The molecule has 0 fully saturated rings. The van der Waals surface area contributed by atoms with Crippen molar-refractivity contribution in [2.45, 2.75) is 13.3 Å². The molecule has 0 saturated heterocycles. The second-order valence-electron chi connectivity index (χ2n) is 4.27. The van der Waals surface area contributed by atoms with Crippen LogP contribution in [0, 0.1) is 6.92 Å². The summed E-state index contributed by atoms with van der Waals surface area (Å²) in [5.74, 6) is -0.0297. The van der Waals surface area contributed by atoms with E-state index in [-0.39, 0.29) is 12.2 Å². The van der Waals surface area contributed by atoms with Crippen molar-refractivity contribution in [2.24, 2.45) is 0 Å². The molecule has 4 heteroatoms. The molecule has 0 aliphatic heterocycles. The SMILES string of the molecule is Cc1cccc(C(=O)Cc2ccc(Br)cc2Cl)c1Cl. The number of hydrogen-bond donors (Lipinski definition) is 0. The highest BCUT2D eigenvalue weighted by Gasteiger charge is 2.14. The van der Waals surface area contributed by atoms with Gasteiger partial charge in [0.15, 0.2) is 5.78 Å². The van der Waals surface area contributed by atoms with Crippen molar-refractivity contribution >= 4 is 44.9 Å². The average Bonchev–Trinajstić information content (AvgIpc) is 2.36. The fourth-order valence-corrected chi connectivity index (χ4v) is 2.77. The van der Waals surface area contributed by atoms with E-state index in [0.717, 1.165) is 15.6 Å². The van der Waals surface area contributed by atoms with E-state index in [0.29, 0.717) is 15.6 Å². The van der Waals surface area contributed by atoms with Gasteiger partial charge in [0.1, 0.15) is 0 Å². The monoisotopic (exact) mass is 356 g/mol. The predicted molar refractivity (Wildman–Crippen MR) is 83.4 cm³/mol. The van der Waals surface area contributed by atoms with Crippen LogP contribution in [0.25, 0.3) is 0 Å². The van der Waals surface area contributed by atoms with E-state index in [1.165, 1.54) is 0 Å². The summed E-state index contributed by atoms with van der Waals surface area (Å²) in [4.78, 5) is 12.3. The van der Waals surface area contributed by atoms with Crippen molar-refractivity contribution in [3.05, 3.63) is 67.6 Å². The number of hydrogen-bond acceptors (Lipinski definition) is 1. The summed E-state index contributed by atoms with van der Waals surface area (Å²) in [5.41, 5.74) is 2.24. The van der Waals surface area contributed by atoms with Gasteiger partial charge in [0, 0.05) is 21.5 Å². The minimum atomic E-state index is -0.0297. The van der Waals surface area contributed by atoms with Crippen LogP contribution in [0.1, 0.15) is 21.5 Å². The quantitative estimate of drug-likeness (QED) is 0.664. The zero-order valence-electron chi connectivity index (χ0n) is 10.2. The molecular weight excluding hydrogens is 347 g/mol. The Balaban J connectivity index is 2.28. The van der Waals surface area contributed by atoms with Gasteiger partial charge in [-0.25, -0.2) is 0 Å². The van der Waals surface area contributed by atoms with Gasteiger partial charge in [0.2, 0.25) is 0 Å². The van der Waals surface area contributed by atoms with Crippen molar-refractivity contribution in [1.29, 1.82) is 0 Å². The van der Waals surface area contributed by atoms with Gasteiger partial charge in [-0.15, -0.1) is 0 Å². The minimum absolute atomic E-state index is 0.0297. The Morgan fingerprint density at radius 3 is 2.63 bits per heavy atom. The summed E-state index contributed by atoms with van der Waals surface area (Å²) >= 11 is 15.6. The third kappa shape index (κ3) is 3.38. The van der Waals surface area contributed by atoms with Crippen molar-refractivity contribution < 1.29 is 4.79 Å². The van der Waals surface area contributed by atoms with Crippen molar-refractivity contribution in [3.8, 4) is 0 Å². The van der Waals surface area contributed by atoms with Crippen molar-refractivity contribution in [3.63, 3.8) is 0 Å². The summed E-state index contributed by atoms with van der Waals surface area (Å²) in [6, 6.07) is 10.9. The maximum Gasteiger partial charge on any atom is 0.168 e. The fourth-order valence-electron chi connectivity index (χ4n) is 1.80. The largest absolute Gasteiger partial charge is 0.294 e. The number of rotatable bonds is 3. The number of Topliss-reactive ketones (excluding diaryl/α,β-unsaturated/α-hetero) is 1. The molecule has 19 heavy (non-hydrogen) atoms. The lowest BCUT2D eigenvalue weighted by atomic mass is 10.0. The molecule has 2 aromatic rings. The Kier molecular flexibility index (Phi) is 4.67. The second kappa shape index (κ2) is 6.08. The maximum atomic E-state index is 12.3. The van der Waals surface area contributed by atoms with Crippen LogP contribution in [0.5, 0.6) is 0 Å². The molecule has 0 aromatic heterocycles. The van der Waals surface area contributed by atoms with Crippen LogP contribution in [-0.4, -0.2) is 5.78 Å². The zero-order valence-corrected chi connectivity index (χ0v) is 13.3. The first-order valence-electron chi connectivity index (χ1n) is 5.71. The highest BCUT2D eigenvalue weighted by molar-refractivity contribution is 9.10. The maximum absolute atomic E-state index is 12.3. The molecule has 0 heterocycles. The lowest BCUT2D eigenvalue weighted by Gasteiger charge is -2.07. The Morgan fingerprint density at radius 1 is 1.21 bits per heavy atom. The number of aryl methyl sites for hydroxylation is 1. The topological polar surface area (TPSA) is 17.1 Å². The predicted octanol–water partition coefficient (Wildman–Crippen LogP) is 5.49. The zero-order chi connectivity index (χ0) is 14.0. The molecule has 0 N–H and O–H groups in total. The van der Waals surface area contributed by atoms with Crippen LogP contribution in [-0.2, 0) is 6.42 Å². The number of carbonyl (C=O) groups excluding carboxylic acids is 1. The molecule has 0 amide bonds. The lowest BCUT2D eigenvalue weighted by molar-refractivity contribution is 0.0993. The molecule has 2 rings (SSSR count). The van der Waals surface area contributed by atoms with Crippen molar-refractivity contribution in [1.82, 2.24) is 0 Å². The van der Waals surface area contributed by atoms with Gasteiger partial charge in [-0.2, -0.15) is 0 Å². The number of carbonyl (C=O) groups is 1. The molecule has 0 radical (unpaired) electrons. The first-order chi connectivity index (χ1) is 8.99. The molecule has 0 unspecified atom stereocenters. The fraction of sp³-hybridized carbons (Fsp3) is 0.133. The summed E-state index contributed by atoms with van der Waals surface area (Å²) in [6.07, 6.45) is 0.245. The highest BCUT2D eigenvalue weighted by atomic mass is 79.9. The normalized spacial score (nSPS) is 10.5. The molecule has 2 aromatic carbocycles. The van der Waals surface area contributed by atoms with Gasteiger partial charge in [0.25, 0.3) is 0 Å². The van der Waals surface area contributed by atoms with Gasteiger partial charge >= 0.3 is 0 Å². The Labute approximate surface area is 130 Å². The molecule has 98 valence electrons. The molecule has 0 atom stereocenters. The smallest absolute Gasteiger partial charge is 0.168 e. The van der Waals surface area contributed by atoms with Crippen molar-refractivity contribution in [2.75, 3.05) is 0 Å². The van der Waals surface area contributed by atoms with E-state index in [2.05, 4.69) is 15.9 Å². The van der Waals surface area contributed by atoms with E-state index in [4.69, 9.17) is 23.2 Å². The van der Waals surface area contributed by atoms with E-state index >= 15 is 0 Å². The summed E-state index contributed by atoms with van der Waals surface area (Å²) in [5, 5.41) is 1.09. The van der Waals surface area contributed by atoms with Gasteiger partial charge in [-0.1, -0.05) is 57.3 Å². The summed E-state index contributed by atoms with van der Waals surface area (Å²) < 4.78 is 0.891. The average molecular weight is 358 g/mol. The van der Waals surface area contributed by atoms with Gasteiger partial charge < -0.3 is 0 Å². The van der Waals surface area contributed by atoms with Crippen LogP contribution >= 0.6 is 39.1 Å². The molecule has 0 saturated carbocycles. The number of halogens is 3. The van der Waals surface area contributed by atoms with Gasteiger partial charge in [-0.05, 0) is 36.2 Å². The second-order valence-corrected chi connectivity index (χ2v) is 5.97. The number of benzene rings is 2. The van der Waals surface area contributed by atoms with E-state index in [1.54, 1.807) is 12.1 Å². The van der Waals surface area contributed by atoms with Gasteiger partial charge in [0.05, 0.1) is 5.02 Å². The molecule has 0 bridgehead atoms. The summed E-state index contributed by atoms with van der Waals surface area (Å²) in [7, 11) is 0. The Morgan fingerprint density at radius 2 is 1.95 bits per heavy atom. The van der Waals surface area contributed by atoms with E-state index in [1.807, 2.05) is 31.2 Å². The first kappa shape index (κ1) is 14.6. The molecule has 0 aliphatic rings. The highest BCUT2D eigenvalue weighted by Crippen LogP contribution is 2.25. The molecular formula is C15H11BrCl2O. The van der Waals surface area contributed by atoms with Crippen LogP contribution in [0.4, 0.5) is 0 Å². The number of ketones is 1. The van der Waals surface area contributed by atoms with Crippen LogP contribution < -0.4 is 0 Å². The van der Waals surface area contributed by atoms with E-state index in [9.17, 15) is 4.79 Å². The van der Waals surface area contributed by atoms with Crippen LogP contribution in [0.3, 0.4) is 0 Å². The molecule has 0 spiro atoms. The lowest BCUT2D eigenvalue weighted by Crippen LogP contribution is -2.05. The van der Waals surface area contributed by atoms with Gasteiger partial charge in [-0.3, -0.25) is 4.79 Å². The Bertz CT molecular complexity index is 638. The standard InChI is InChI=1S/C15H11BrCl2O/c1-9-3-2-4-12(15(9)18)14(19)7-10-5-6-11(16)8-13(10)17/h2-6,8H,7H2,1H3. The summed E-state index contributed by atoms with van der Waals surface area (Å²) in [6.45, 7) is 1.88.